The number of nitrogens with one attached hydrogen (secondary N) is 1. The zero-order valence-corrected chi connectivity index (χ0v) is 15.2. The van der Waals surface area contributed by atoms with Gasteiger partial charge in [-0.1, -0.05) is 0 Å². The molecule has 0 aromatic carbocycles. The van der Waals surface area contributed by atoms with Gasteiger partial charge in [-0.25, -0.2) is 4.79 Å². The predicted molar refractivity (Wildman–Crippen MR) is 99.8 cm³/mol. The fourth-order valence-electron chi connectivity index (χ4n) is 3.48. The maximum atomic E-state index is 12.5. The van der Waals surface area contributed by atoms with Gasteiger partial charge in [-0.2, -0.15) is 5.10 Å². The van der Waals surface area contributed by atoms with E-state index in [1.54, 1.807) is 6.20 Å². The maximum Gasteiger partial charge on any atom is 0.322 e. The molecule has 7 nitrogen and oxygen atoms in total. The number of aromatic nitrogens is 3. The molecule has 2 amide bonds. The van der Waals surface area contributed by atoms with Crippen LogP contribution in [0, 0.1) is 5.92 Å². The van der Waals surface area contributed by atoms with Gasteiger partial charge < -0.3 is 10.2 Å². The minimum atomic E-state index is -0.0350. The van der Waals surface area contributed by atoms with Crippen molar-refractivity contribution >= 4 is 11.7 Å². The number of carbonyl (C=O) groups excluding carboxylic acids is 1. The highest BCUT2D eigenvalue weighted by Gasteiger charge is 2.29. The highest BCUT2D eigenvalue weighted by atomic mass is 16.2. The van der Waals surface area contributed by atoms with Gasteiger partial charge in [0.15, 0.2) is 0 Å². The molecular weight excluding hydrogens is 328 g/mol. The van der Waals surface area contributed by atoms with Gasteiger partial charge in [0.05, 0.1) is 17.9 Å². The molecule has 2 aromatic rings. The summed E-state index contributed by atoms with van der Waals surface area (Å²) in [6, 6.07) is 4.46. The molecule has 1 unspecified atom stereocenters. The molecule has 0 bridgehead atoms. The van der Waals surface area contributed by atoms with Crippen LogP contribution in [-0.2, 0) is 6.54 Å². The maximum absolute atomic E-state index is 12.5. The van der Waals surface area contributed by atoms with Crippen LogP contribution in [0.15, 0.2) is 36.9 Å². The zero-order chi connectivity index (χ0) is 17.9. The minimum absolute atomic E-state index is 0.0350. The first-order valence-electron chi connectivity index (χ1n) is 9.40. The fourth-order valence-corrected chi connectivity index (χ4v) is 3.48. The van der Waals surface area contributed by atoms with Gasteiger partial charge >= 0.3 is 6.03 Å². The third-order valence-corrected chi connectivity index (χ3v) is 5.39. The molecular formula is C19H26N6O. The molecule has 1 saturated carbocycles. The van der Waals surface area contributed by atoms with E-state index in [-0.39, 0.29) is 6.03 Å². The molecule has 1 aliphatic heterocycles. The Labute approximate surface area is 154 Å². The molecule has 138 valence electrons. The van der Waals surface area contributed by atoms with Crippen LogP contribution in [0.3, 0.4) is 0 Å². The molecule has 7 heteroatoms. The summed E-state index contributed by atoms with van der Waals surface area (Å²) in [6.45, 7) is 6.34. The zero-order valence-electron chi connectivity index (χ0n) is 15.2. The minimum Gasteiger partial charge on any atom is -0.322 e. The lowest BCUT2D eigenvalue weighted by Gasteiger charge is -2.34. The third-order valence-electron chi connectivity index (χ3n) is 5.39. The van der Waals surface area contributed by atoms with Crippen molar-refractivity contribution in [3.8, 4) is 0 Å². The molecule has 0 spiro atoms. The lowest BCUT2D eigenvalue weighted by Crippen LogP contribution is -2.49. The third kappa shape index (κ3) is 4.04. The second kappa shape index (κ2) is 7.45. The Hall–Kier alpha value is -2.41. The number of urea groups is 1. The van der Waals surface area contributed by atoms with Crippen LogP contribution in [0.25, 0.3) is 0 Å². The number of anilines is 1. The van der Waals surface area contributed by atoms with Crippen molar-refractivity contribution in [2.24, 2.45) is 5.92 Å². The number of hydrogen-bond donors (Lipinski definition) is 1. The highest BCUT2D eigenvalue weighted by molar-refractivity contribution is 5.89. The van der Waals surface area contributed by atoms with Gasteiger partial charge in [0.25, 0.3) is 0 Å². The van der Waals surface area contributed by atoms with Crippen LogP contribution in [-0.4, -0.2) is 56.8 Å². The van der Waals surface area contributed by atoms with Crippen molar-refractivity contribution < 1.29 is 4.79 Å². The summed E-state index contributed by atoms with van der Waals surface area (Å²) in [4.78, 5) is 20.8. The lowest BCUT2D eigenvalue weighted by molar-refractivity contribution is 0.143. The van der Waals surface area contributed by atoms with Gasteiger partial charge in [0, 0.05) is 51.3 Å². The summed E-state index contributed by atoms with van der Waals surface area (Å²) < 4.78 is 1.97. The number of nitrogens with zero attached hydrogens (tertiary/aromatic N) is 5. The Balaban J connectivity index is 1.26. The van der Waals surface area contributed by atoms with E-state index < -0.39 is 0 Å². The van der Waals surface area contributed by atoms with E-state index in [9.17, 15) is 4.79 Å². The second-order valence-corrected chi connectivity index (χ2v) is 7.34. The summed E-state index contributed by atoms with van der Waals surface area (Å²) in [6.07, 6.45) is 9.91. The van der Waals surface area contributed by atoms with Gasteiger partial charge in [0.1, 0.15) is 0 Å². The van der Waals surface area contributed by atoms with E-state index in [1.807, 2.05) is 40.3 Å². The van der Waals surface area contributed by atoms with Gasteiger partial charge in [-0.15, -0.1) is 0 Å². The molecule has 0 radical (unpaired) electrons. The van der Waals surface area contributed by atoms with E-state index in [1.165, 1.54) is 18.4 Å². The summed E-state index contributed by atoms with van der Waals surface area (Å²) in [5.74, 6) is 0.743. The highest BCUT2D eigenvalue weighted by Crippen LogP contribution is 2.39. The monoisotopic (exact) mass is 354 g/mol. The fraction of sp³-hybridized carbons (Fsp3) is 0.526. The Morgan fingerprint density at radius 1 is 1.23 bits per heavy atom. The normalized spacial score (nSPS) is 19.3. The molecule has 3 heterocycles. The summed E-state index contributed by atoms with van der Waals surface area (Å²) in [5, 5.41) is 7.39. The lowest BCUT2D eigenvalue weighted by atomic mass is 10.2. The Morgan fingerprint density at radius 2 is 1.96 bits per heavy atom. The molecule has 2 aromatic heterocycles. The number of piperazine rings is 1. The average molecular weight is 354 g/mol. The standard InChI is InChI=1S/C19H26N6O/c1-15(17-2-3-17)25-14-18(12-21-25)22-19(26)24-10-8-23(9-11-24)13-16-4-6-20-7-5-16/h4-7,12,14-15,17H,2-3,8-11,13H2,1H3,(H,22,26). The number of pyridine rings is 1. The van der Waals surface area contributed by atoms with E-state index in [2.05, 4.69) is 27.2 Å². The first-order valence-corrected chi connectivity index (χ1v) is 9.40. The Morgan fingerprint density at radius 3 is 2.65 bits per heavy atom. The molecule has 1 N–H and O–H groups in total. The summed E-state index contributed by atoms with van der Waals surface area (Å²) in [5.41, 5.74) is 2.04. The van der Waals surface area contributed by atoms with E-state index >= 15 is 0 Å². The Kier molecular flexibility index (Phi) is 4.88. The molecule has 1 aliphatic carbocycles. The van der Waals surface area contributed by atoms with Crippen LogP contribution < -0.4 is 5.32 Å². The van der Waals surface area contributed by atoms with Crippen LogP contribution in [0.5, 0.6) is 0 Å². The van der Waals surface area contributed by atoms with Gasteiger partial charge in [-0.05, 0) is 43.4 Å². The predicted octanol–water partition coefficient (Wildman–Crippen LogP) is 2.60. The Bertz CT molecular complexity index is 733. The largest absolute Gasteiger partial charge is 0.322 e. The first kappa shape index (κ1) is 17.0. The SMILES string of the molecule is CC(C1CC1)n1cc(NC(=O)N2CCN(Cc3ccncc3)CC2)cn1. The molecule has 26 heavy (non-hydrogen) atoms. The molecule has 4 rings (SSSR count). The number of carbonyl (C=O) groups is 1. The second-order valence-electron chi connectivity index (χ2n) is 7.34. The van der Waals surface area contributed by atoms with Gasteiger partial charge in [-0.3, -0.25) is 14.6 Å². The van der Waals surface area contributed by atoms with E-state index in [0.717, 1.165) is 44.3 Å². The van der Waals surface area contributed by atoms with Crippen molar-refractivity contribution in [2.75, 3.05) is 31.5 Å². The topological polar surface area (TPSA) is 66.3 Å². The van der Waals surface area contributed by atoms with Crippen molar-refractivity contribution in [3.05, 3.63) is 42.5 Å². The summed E-state index contributed by atoms with van der Waals surface area (Å²) >= 11 is 0. The van der Waals surface area contributed by atoms with Crippen LogP contribution in [0.2, 0.25) is 0 Å². The van der Waals surface area contributed by atoms with Crippen LogP contribution in [0.1, 0.15) is 31.4 Å². The molecule has 1 atom stereocenters. The number of hydrogen-bond acceptors (Lipinski definition) is 4. The van der Waals surface area contributed by atoms with Crippen molar-refractivity contribution in [1.82, 2.24) is 24.6 Å². The first-order chi connectivity index (χ1) is 12.7. The molecule has 2 aliphatic rings. The smallest absolute Gasteiger partial charge is 0.322 e. The van der Waals surface area contributed by atoms with Crippen LogP contribution in [0.4, 0.5) is 10.5 Å². The number of amides is 2. The van der Waals surface area contributed by atoms with E-state index in [4.69, 9.17) is 0 Å². The molecule has 1 saturated heterocycles. The van der Waals surface area contributed by atoms with Crippen molar-refractivity contribution in [1.29, 1.82) is 0 Å². The average Bonchev–Trinajstić information content (AvgIpc) is 3.42. The van der Waals surface area contributed by atoms with Crippen LogP contribution >= 0.6 is 0 Å². The van der Waals surface area contributed by atoms with Gasteiger partial charge in [0.2, 0.25) is 0 Å². The van der Waals surface area contributed by atoms with Crippen molar-refractivity contribution in [2.45, 2.75) is 32.4 Å². The quantitative estimate of drug-likeness (QED) is 0.896. The van der Waals surface area contributed by atoms with E-state index in [0.29, 0.717) is 6.04 Å². The molecule has 2 fully saturated rings. The van der Waals surface area contributed by atoms with Crippen molar-refractivity contribution in [3.63, 3.8) is 0 Å². The summed E-state index contributed by atoms with van der Waals surface area (Å²) in [7, 11) is 0. The number of rotatable bonds is 5.